The molecule has 2 aromatic carbocycles. The number of carbonyl (C=O) groups excluding carboxylic acids is 2. The lowest BCUT2D eigenvalue weighted by Crippen LogP contribution is -2.41. The molecule has 168 valence electrons. The number of nitrogens with zero attached hydrogens (tertiary/aromatic N) is 1. The van der Waals surface area contributed by atoms with Gasteiger partial charge in [-0.3, -0.25) is 9.59 Å². The molecule has 0 bridgehead atoms. The summed E-state index contributed by atoms with van der Waals surface area (Å²) in [7, 11) is 0. The van der Waals surface area contributed by atoms with Crippen LogP contribution in [-0.4, -0.2) is 35.4 Å². The molecule has 0 saturated heterocycles. The van der Waals surface area contributed by atoms with E-state index in [0.717, 1.165) is 48.8 Å². The monoisotopic (exact) mass is 436 g/mol. The predicted octanol–water partition coefficient (Wildman–Crippen LogP) is 4.15. The Balaban J connectivity index is 1.47. The van der Waals surface area contributed by atoms with Gasteiger partial charge in [-0.05, 0) is 79.5 Å². The minimum atomic E-state index is -0.561. The Kier molecular flexibility index (Phi) is 5.62. The molecule has 0 unspecified atom stereocenters. The van der Waals surface area contributed by atoms with Gasteiger partial charge in [-0.1, -0.05) is 25.1 Å². The first-order valence-electron chi connectivity index (χ1n) is 11.7. The molecular formula is C26H29FN2O3. The Morgan fingerprint density at radius 1 is 1.16 bits per heavy atom. The van der Waals surface area contributed by atoms with E-state index in [0.29, 0.717) is 18.7 Å². The molecule has 1 N–H and O–H groups in total. The lowest BCUT2D eigenvalue weighted by Gasteiger charge is -2.38. The van der Waals surface area contributed by atoms with Gasteiger partial charge >= 0.3 is 0 Å². The molecule has 2 atom stereocenters. The van der Waals surface area contributed by atoms with Gasteiger partial charge in [0.25, 0.3) is 5.91 Å². The number of halogens is 1. The van der Waals surface area contributed by atoms with Crippen LogP contribution in [-0.2, 0) is 16.0 Å². The fourth-order valence-corrected chi connectivity index (χ4v) is 4.51. The molecule has 2 saturated carbocycles. The Hall–Kier alpha value is -2.89. The molecule has 1 heterocycles. The largest absolute Gasteiger partial charge is 0.481 e. The van der Waals surface area contributed by atoms with Crippen molar-refractivity contribution in [2.45, 2.75) is 63.6 Å². The van der Waals surface area contributed by atoms with E-state index in [4.69, 9.17) is 4.74 Å². The van der Waals surface area contributed by atoms with E-state index in [1.165, 1.54) is 12.1 Å². The van der Waals surface area contributed by atoms with Gasteiger partial charge in [0.1, 0.15) is 11.6 Å². The van der Waals surface area contributed by atoms with E-state index in [2.05, 4.69) is 5.32 Å². The van der Waals surface area contributed by atoms with Crippen molar-refractivity contribution in [1.82, 2.24) is 10.2 Å². The summed E-state index contributed by atoms with van der Waals surface area (Å²) in [5.74, 6) is 0.432. The normalized spacial score (nSPS) is 20.9. The second-order valence-electron chi connectivity index (χ2n) is 9.17. The maximum atomic E-state index is 14.1. The average molecular weight is 437 g/mol. The molecular weight excluding hydrogens is 407 g/mol. The molecule has 2 amide bonds. The number of nitrogens with one attached hydrogen (secondary N) is 1. The SMILES string of the molecule is CC[C@@H](Oc1ccc2c(c1)[C@@H](c1cccc(F)c1)N(C(=O)C1CC1)CC2)C(=O)NC1CC1. The lowest BCUT2D eigenvalue weighted by atomic mass is 9.87. The van der Waals surface area contributed by atoms with Crippen LogP contribution in [0.3, 0.4) is 0 Å². The first-order chi connectivity index (χ1) is 15.5. The second-order valence-corrected chi connectivity index (χ2v) is 9.17. The highest BCUT2D eigenvalue weighted by molar-refractivity contribution is 5.83. The van der Waals surface area contributed by atoms with E-state index < -0.39 is 6.10 Å². The van der Waals surface area contributed by atoms with Gasteiger partial charge in [0.05, 0.1) is 6.04 Å². The Morgan fingerprint density at radius 2 is 1.97 bits per heavy atom. The molecule has 0 spiro atoms. The van der Waals surface area contributed by atoms with E-state index in [-0.39, 0.29) is 35.6 Å². The van der Waals surface area contributed by atoms with E-state index in [9.17, 15) is 14.0 Å². The Bertz CT molecular complexity index is 1030. The summed E-state index contributed by atoms with van der Waals surface area (Å²) >= 11 is 0. The van der Waals surface area contributed by atoms with Crippen LogP contribution in [0, 0.1) is 11.7 Å². The van der Waals surface area contributed by atoms with E-state index in [1.54, 1.807) is 6.07 Å². The molecule has 3 aliphatic rings. The first kappa shape index (κ1) is 21.0. The van der Waals surface area contributed by atoms with Crippen molar-refractivity contribution in [3.8, 4) is 5.75 Å². The summed E-state index contributed by atoms with van der Waals surface area (Å²) in [6, 6.07) is 12.3. The average Bonchev–Trinajstić information content (AvgIpc) is 3.70. The maximum Gasteiger partial charge on any atom is 0.261 e. The highest BCUT2D eigenvalue weighted by Gasteiger charge is 2.40. The van der Waals surface area contributed by atoms with Crippen molar-refractivity contribution in [3.63, 3.8) is 0 Å². The molecule has 5 nitrogen and oxygen atoms in total. The quantitative estimate of drug-likeness (QED) is 0.710. The molecule has 1 aliphatic heterocycles. The van der Waals surface area contributed by atoms with Gasteiger partial charge in [-0.25, -0.2) is 4.39 Å². The van der Waals surface area contributed by atoms with Gasteiger partial charge < -0.3 is 15.0 Å². The van der Waals surface area contributed by atoms with Crippen LogP contribution in [0.25, 0.3) is 0 Å². The summed E-state index contributed by atoms with van der Waals surface area (Å²) in [5.41, 5.74) is 2.84. The minimum Gasteiger partial charge on any atom is -0.481 e. The maximum absolute atomic E-state index is 14.1. The Labute approximate surface area is 187 Å². The van der Waals surface area contributed by atoms with E-state index >= 15 is 0 Å². The van der Waals surface area contributed by atoms with Crippen molar-refractivity contribution >= 4 is 11.8 Å². The molecule has 0 aromatic heterocycles. The molecule has 6 heteroatoms. The zero-order valence-electron chi connectivity index (χ0n) is 18.4. The fraction of sp³-hybridized carbons (Fsp3) is 0.462. The molecule has 32 heavy (non-hydrogen) atoms. The topological polar surface area (TPSA) is 58.6 Å². The van der Waals surface area contributed by atoms with Crippen LogP contribution < -0.4 is 10.1 Å². The number of benzene rings is 2. The Morgan fingerprint density at radius 3 is 2.66 bits per heavy atom. The van der Waals surface area contributed by atoms with Gasteiger partial charge in [-0.15, -0.1) is 0 Å². The third kappa shape index (κ3) is 4.36. The molecule has 2 fully saturated rings. The zero-order chi connectivity index (χ0) is 22.2. The highest BCUT2D eigenvalue weighted by atomic mass is 19.1. The summed E-state index contributed by atoms with van der Waals surface area (Å²) < 4.78 is 20.2. The zero-order valence-corrected chi connectivity index (χ0v) is 18.4. The molecule has 2 aliphatic carbocycles. The number of fused-ring (bicyclic) bond motifs is 1. The summed E-state index contributed by atoms with van der Waals surface area (Å²) in [4.78, 5) is 27.5. The number of amides is 2. The third-order valence-electron chi connectivity index (χ3n) is 6.59. The standard InChI is InChI=1S/C26H29FN2O3/c1-2-23(25(30)28-20-9-10-20)32-21-11-8-16-12-13-29(26(31)17-6-7-17)24(22(16)15-21)18-4-3-5-19(27)14-18/h3-5,8,11,14-15,17,20,23-24H,2,6-7,9-10,12-13H2,1H3,(H,28,30)/t23-,24-/m1/s1. The van der Waals surface area contributed by atoms with E-state index in [1.807, 2.05) is 36.1 Å². The van der Waals surface area contributed by atoms with Crippen LogP contribution in [0.5, 0.6) is 5.75 Å². The summed E-state index contributed by atoms with van der Waals surface area (Å²) in [5, 5.41) is 3.01. The minimum absolute atomic E-state index is 0.0834. The van der Waals surface area contributed by atoms with Gasteiger partial charge in [-0.2, -0.15) is 0 Å². The predicted molar refractivity (Wildman–Crippen MR) is 119 cm³/mol. The number of hydrogen-bond acceptors (Lipinski definition) is 3. The number of ether oxygens (including phenoxy) is 1. The fourth-order valence-electron chi connectivity index (χ4n) is 4.51. The van der Waals surface area contributed by atoms with Crippen LogP contribution in [0.4, 0.5) is 4.39 Å². The highest BCUT2D eigenvalue weighted by Crippen LogP contribution is 2.41. The van der Waals surface area contributed by atoms with Crippen molar-refractivity contribution in [3.05, 3.63) is 65.0 Å². The van der Waals surface area contributed by atoms with Gasteiger partial charge in [0.2, 0.25) is 5.91 Å². The summed E-state index contributed by atoms with van der Waals surface area (Å²) in [6.07, 6.45) is 4.66. The van der Waals surface area contributed by atoms with Gasteiger partial charge in [0, 0.05) is 18.5 Å². The number of rotatable bonds is 7. The van der Waals surface area contributed by atoms with Crippen molar-refractivity contribution < 1.29 is 18.7 Å². The smallest absolute Gasteiger partial charge is 0.261 e. The van der Waals surface area contributed by atoms with Crippen LogP contribution in [0.1, 0.15) is 61.8 Å². The van der Waals surface area contributed by atoms with Gasteiger partial charge in [0.15, 0.2) is 6.10 Å². The third-order valence-corrected chi connectivity index (χ3v) is 6.59. The molecule has 2 aromatic rings. The molecule has 5 rings (SSSR count). The first-order valence-corrected chi connectivity index (χ1v) is 11.7. The van der Waals surface area contributed by atoms with Crippen molar-refractivity contribution in [2.75, 3.05) is 6.54 Å². The van der Waals surface area contributed by atoms with Crippen molar-refractivity contribution in [2.24, 2.45) is 5.92 Å². The lowest BCUT2D eigenvalue weighted by molar-refractivity contribution is -0.134. The van der Waals surface area contributed by atoms with Crippen LogP contribution in [0.15, 0.2) is 42.5 Å². The second kappa shape index (κ2) is 8.57. The van der Waals surface area contributed by atoms with Crippen LogP contribution >= 0.6 is 0 Å². The van der Waals surface area contributed by atoms with Crippen molar-refractivity contribution in [1.29, 1.82) is 0 Å². The summed E-state index contributed by atoms with van der Waals surface area (Å²) in [6.45, 7) is 2.55. The number of carbonyl (C=O) groups is 2. The van der Waals surface area contributed by atoms with Crippen LogP contribution in [0.2, 0.25) is 0 Å². The number of hydrogen-bond donors (Lipinski definition) is 1. The molecule has 0 radical (unpaired) electrons.